The number of nitrogens with one attached hydrogen (secondary N) is 1. The predicted octanol–water partition coefficient (Wildman–Crippen LogP) is 4.17. The molecule has 0 atom stereocenters. The Morgan fingerprint density at radius 3 is 2.26 bits per heavy atom. The third kappa shape index (κ3) is 7.43. The van der Waals surface area contributed by atoms with Gasteiger partial charge in [-0.3, -0.25) is 0 Å². The van der Waals surface area contributed by atoms with Gasteiger partial charge in [0.1, 0.15) is 5.75 Å². The minimum absolute atomic E-state index is 0.350. The van der Waals surface area contributed by atoms with Crippen molar-refractivity contribution in [3.8, 4) is 5.75 Å². The standard InChI is InChI=1S/C23H31NO3/c1-4-26-22(25)23(2,3)27-21-14-12-20(13-15-21)16-18-24-17-8-11-19-9-6-5-7-10-19/h5-7,9-10,12-15,24H,4,8,11,16-18H2,1-3H3. The molecular formula is C23H31NO3. The summed E-state index contributed by atoms with van der Waals surface area (Å²) in [5.74, 6) is 0.321. The first-order valence-corrected chi connectivity index (χ1v) is 9.71. The minimum Gasteiger partial charge on any atom is -0.476 e. The van der Waals surface area contributed by atoms with E-state index in [2.05, 4.69) is 35.6 Å². The van der Waals surface area contributed by atoms with Gasteiger partial charge in [0.2, 0.25) is 0 Å². The normalized spacial score (nSPS) is 11.2. The van der Waals surface area contributed by atoms with E-state index in [1.807, 2.05) is 24.3 Å². The summed E-state index contributed by atoms with van der Waals surface area (Å²) in [5, 5.41) is 3.49. The highest BCUT2D eigenvalue weighted by Crippen LogP contribution is 2.20. The molecule has 0 saturated heterocycles. The van der Waals surface area contributed by atoms with E-state index in [1.165, 1.54) is 11.1 Å². The molecule has 0 bridgehead atoms. The molecule has 0 fully saturated rings. The second-order valence-electron chi connectivity index (χ2n) is 7.07. The molecule has 0 amide bonds. The number of carbonyl (C=O) groups is 1. The summed E-state index contributed by atoms with van der Waals surface area (Å²) in [6.45, 7) is 7.55. The third-order valence-corrected chi connectivity index (χ3v) is 4.32. The zero-order chi connectivity index (χ0) is 19.5. The maximum Gasteiger partial charge on any atom is 0.349 e. The van der Waals surface area contributed by atoms with Crippen LogP contribution in [0.4, 0.5) is 0 Å². The predicted molar refractivity (Wildman–Crippen MR) is 109 cm³/mol. The van der Waals surface area contributed by atoms with Gasteiger partial charge in [-0.1, -0.05) is 42.5 Å². The van der Waals surface area contributed by atoms with Crippen molar-refractivity contribution in [1.82, 2.24) is 5.32 Å². The lowest BCUT2D eigenvalue weighted by atomic mass is 10.1. The summed E-state index contributed by atoms with van der Waals surface area (Å²) in [5.41, 5.74) is 1.64. The Kier molecular flexibility index (Phi) is 8.34. The lowest BCUT2D eigenvalue weighted by molar-refractivity contribution is -0.158. The van der Waals surface area contributed by atoms with Crippen molar-refractivity contribution in [3.05, 3.63) is 65.7 Å². The first kappa shape index (κ1) is 21.0. The first-order valence-electron chi connectivity index (χ1n) is 9.71. The van der Waals surface area contributed by atoms with Gasteiger partial charge in [-0.15, -0.1) is 0 Å². The molecule has 1 N–H and O–H groups in total. The molecule has 0 unspecified atom stereocenters. The van der Waals surface area contributed by atoms with Crippen LogP contribution in [0.3, 0.4) is 0 Å². The summed E-state index contributed by atoms with van der Waals surface area (Å²) in [6.07, 6.45) is 3.21. The van der Waals surface area contributed by atoms with Crippen LogP contribution in [-0.2, 0) is 22.4 Å². The molecule has 2 rings (SSSR count). The monoisotopic (exact) mass is 369 g/mol. The fraction of sp³-hybridized carbons (Fsp3) is 0.435. The Hall–Kier alpha value is -2.33. The highest BCUT2D eigenvalue weighted by atomic mass is 16.6. The number of benzene rings is 2. The summed E-state index contributed by atoms with van der Waals surface area (Å²) >= 11 is 0. The highest BCUT2D eigenvalue weighted by Gasteiger charge is 2.31. The molecule has 0 aromatic heterocycles. The number of hydrogen-bond acceptors (Lipinski definition) is 4. The molecule has 27 heavy (non-hydrogen) atoms. The van der Waals surface area contributed by atoms with E-state index in [9.17, 15) is 4.79 Å². The summed E-state index contributed by atoms with van der Waals surface area (Å²) in [7, 11) is 0. The van der Waals surface area contributed by atoms with Crippen LogP contribution in [0.2, 0.25) is 0 Å². The second-order valence-corrected chi connectivity index (χ2v) is 7.07. The van der Waals surface area contributed by atoms with Crippen molar-refractivity contribution < 1.29 is 14.3 Å². The lowest BCUT2D eigenvalue weighted by Gasteiger charge is -2.24. The van der Waals surface area contributed by atoms with E-state index >= 15 is 0 Å². The zero-order valence-electron chi connectivity index (χ0n) is 16.7. The number of esters is 1. The minimum atomic E-state index is -0.988. The summed E-state index contributed by atoms with van der Waals surface area (Å²) in [4.78, 5) is 11.9. The highest BCUT2D eigenvalue weighted by molar-refractivity contribution is 5.79. The first-order chi connectivity index (χ1) is 13.0. The fourth-order valence-electron chi connectivity index (χ4n) is 2.79. The van der Waals surface area contributed by atoms with Crippen LogP contribution in [0.15, 0.2) is 54.6 Å². The van der Waals surface area contributed by atoms with Crippen molar-refractivity contribution in [1.29, 1.82) is 0 Å². The van der Waals surface area contributed by atoms with Crippen molar-refractivity contribution in [3.63, 3.8) is 0 Å². The molecule has 0 aliphatic heterocycles. The van der Waals surface area contributed by atoms with Gasteiger partial charge < -0.3 is 14.8 Å². The average Bonchev–Trinajstić information content (AvgIpc) is 2.66. The molecule has 0 heterocycles. The Morgan fingerprint density at radius 2 is 1.59 bits per heavy atom. The third-order valence-electron chi connectivity index (χ3n) is 4.32. The topological polar surface area (TPSA) is 47.6 Å². The second kappa shape index (κ2) is 10.7. The molecule has 0 saturated carbocycles. The van der Waals surface area contributed by atoms with Gasteiger partial charge in [0.05, 0.1) is 6.61 Å². The van der Waals surface area contributed by atoms with Crippen LogP contribution in [0.5, 0.6) is 5.75 Å². The molecule has 2 aromatic carbocycles. The van der Waals surface area contributed by atoms with Gasteiger partial charge in [0.25, 0.3) is 0 Å². The fourth-order valence-corrected chi connectivity index (χ4v) is 2.79. The van der Waals surface area contributed by atoms with Crippen molar-refractivity contribution in [2.45, 2.75) is 45.6 Å². The average molecular weight is 370 g/mol. The number of aryl methyl sites for hydroxylation is 1. The summed E-state index contributed by atoms with van der Waals surface area (Å²) < 4.78 is 10.8. The lowest BCUT2D eigenvalue weighted by Crippen LogP contribution is -2.39. The molecule has 4 heteroatoms. The molecule has 146 valence electrons. The number of hydrogen-bond donors (Lipinski definition) is 1. The van der Waals surface area contributed by atoms with Gasteiger partial charge >= 0.3 is 5.97 Å². The smallest absolute Gasteiger partial charge is 0.349 e. The summed E-state index contributed by atoms with van der Waals surface area (Å²) in [6, 6.07) is 18.5. The van der Waals surface area contributed by atoms with Crippen molar-refractivity contribution >= 4 is 5.97 Å². The van der Waals surface area contributed by atoms with Crippen LogP contribution in [-0.4, -0.2) is 31.3 Å². The van der Waals surface area contributed by atoms with E-state index in [-0.39, 0.29) is 5.97 Å². The van der Waals surface area contributed by atoms with Crippen LogP contribution >= 0.6 is 0 Å². The van der Waals surface area contributed by atoms with E-state index in [1.54, 1.807) is 20.8 Å². The van der Waals surface area contributed by atoms with Gasteiger partial charge in [-0.05, 0) is 76.4 Å². The van der Waals surface area contributed by atoms with Gasteiger partial charge in [0.15, 0.2) is 5.60 Å². The molecule has 4 nitrogen and oxygen atoms in total. The molecule has 0 aliphatic rings. The zero-order valence-corrected chi connectivity index (χ0v) is 16.7. The number of ether oxygens (including phenoxy) is 2. The maximum atomic E-state index is 11.9. The number of rotatable bonds is 11. The Balaban J connectivity index is 1.67. The maximum absolute atomic E-state index is 11.9. The molecule has 0 radical (unpaired) electrons. The largest absolute Gasteiger partial charge is 0.476 e. The van der Waals surface area contributed by atoms with Crippen LogP contribution in [0, 0.1) is 0 Å². The Morgan fingerprint density at radius 1 is 0.926 bits per heavy atom. The van der Waals surface area contributed by atoms with Gasteiger partial charge in [-0.25, -0.2) is 4.79 Å². The Labute approximate surface area is 162 Å². The molecular weight excluding hydrogens is 338 g/mol. The van der Waals surface area contributed by atoms with Crippen LogP contribution in [0.25, 0.3) is 0 Å². The van der Waals surface area contributed by atoms with E-state index in [0.29, 0.717) is 12.4 Å². The molecule has 2 aromatic rings. The Bertz CT molecular complexity index is 681. The van der Waals surface area contributed by atoms with Gasteiger partial charge in [0, 0.05) is 0 Å². The van der Waals surface area contributed by atoms with Crippen LogP contribution < -0.4 is 10.1 Å². The molecule has 0 spiro atoms. The van der Waals surface area contributed by atoms with E-state index in [0.717, 1.165) is 32.4 Å². The van der Waals surface area contributed by atoms with Crippen molar-refractivity contribution in [2.75, 3.05) is 19.7 Å². The van der Waals surface area contributed by atoms with Crippen LogP contribution in [0.1, 0.15) is 38.3 Å². The molecule has 0 aliphatic carbocycles. The van der Waals surface area contributed by atoms with Gasteiger partial charge in [-0.2, -0.15) is 0 Å². The van der Waals surface area contributed by atoms with E-state index < -0.39 is 5.60 Å². The quantitative estimate of drug-likeness (QED) is 0.477. The van der Waals surface area contributed by atoms with Crippen molar-refractivity contribution in [2.24, 2.45) is 0 Å². The van der Waals surface area contributed by atoms with E-state index in [4.69, 9.17) is 9.47 Å². The SMILES string of the molecule is CCOC(=O)C(C)(C)Oc1ccc(CCNCCCc2ccccc2)cc1. The number of carbonyl (C=O) groups excluding carboxylic acids is 1.